The zero-order valence-electron chi connectivity index (χ0n) is 22.1. The molecule has 2 aromatic carbocycles. The van der Waals surface area contributed by atoms with Crippen molar-refractivity contribution >= 4 is 29.3 Å². The summed E-state index contributed by atoms with van der Waals surface area (Å²) in [5.74, 6) is -2.19. The molecule has 3 aliphatic heterocycles. The van der Waals surface area contributed by atoms with Crippen LogP contribution in [0.15, 0.2) is 66.7 Å². The molecule has 1 spiro atoms. The minimum absolute atomic E-state index is 0.112. The number of rotatable bonds is 7. The average Bonchev–Trinajstić information content (AvgIpc) is 3.50. The van der Waals surface area contributed by atoms with E-state index in [-0.39, 0.29) is 30.3 Å². The van der Waals surface area contributed by atoms with Gasteiger partial charge in [-0.05, 0) is 43.0 Å². The monoisotopic (exact) mass is 547 g/mol. The smallest absolute Gasteiger partial charge is 0.246 e. The van der Waals surface area contributed by atoms with Gasteiger partial charge < -0.3 is 20.3 Å². The molecule has 3 fully saturated rings. The number of hydrogen-bond acceptors (Lipinski definition) is 4. The van der Waals surface area contributed by atoms with Gasteiger partial charge in [-0.15, -0.1) is 0 Å². The highest BCUT2D eigenvalue weighted by Gasteiger charge is 2.76. The minimum atomic E-state index is -1.21. The van der Waals surface area contributed by atoms with Crippen LogP contribution in [-0.2, 0) is 32.2 Å². The number of benzene rings is 2. The standard InChI is InChI=1S/C31H34ClN3O4/c1-30-16-17-31(39-30)25(24(30)27(36)34-23-10-6-3-7-11-23)29(38)35(19-21-12-14-22(32)15-13-21)26(31)28(37)33-18-20-8-4-2-5-9-20/h2,4-5,8-9,12-17,23-26H,3,6-7,10-11,18-19H2,1H3,(H,33,37)(H,34,36)/t24-,25+,26-,30-,31-/m1/s1. The third kappa shape index (κ3) is 4.55. The van der Waals surface area contributed by atoms with Crippen LogP contribution in [0.3, 0.4) is 0 Å². The normalized spacial score (nSPS) is 31.4. The van der Waals surface area contributed by atoms with Crippen LogP contribution in [0.4, 0.5) is 0 Å². The van der Waals surface area contributed by atoms with Crippen molar-refractivity contribution in [1.82, 2.24) is 15.5 Å². The van der Waals surface area contributed by atoms with Crippen LogP contribution >= 0.6 is 11.6 Å². The number of halogens is 1. The summed E-state index contributed by atoms with van der Waals surface area (Å²) in [5, 5.41) is 6.85. The zero-order chi connectivity index (χ0) is 27.2. The van der Waals surface area contributed by atoms with E-state index in [1.54, 1.807) is 17.0 Å². The fourth-order valence-electron chi connectivity index (χ4n) is 7.01. The summed E-state index contributed by atoms with van der Waals surface area (Å²) >= 11 is 6.09. The lowest BCUT2D eigenvalue weighted by atomic mass is 9.70. The predicted octanol–water partition coefficient (Wildman–Crippen LogP) is 4.15. The Morgan fingerprint density at radius 1 is 0.974 bits per heavy atom. The number of nitrogens with one attached hydrogen (secondary N) is 2. The maximum absolute atomic E-state index is 14.2. The number of fused-ring (bicyclic) bond motifs is 1. The first-order valence-electron chi connectivity index (χ1n) is 13.9. The maximum Gasteiger partial charge on any atom is 0.246 e. The van der Waals surface area contributed by atoms with Gasteiger partial charge in [0.05, 0.1) is 17.4 Å². The summed E-state index contributed by atoms with van der Waals surface area (Å²) in [5.41, 5.74) is -0.368. The van der Waals surface area contributed by atoms with Gasteiger partial charge in [-0.25, -0.2) is 0 Å². The first-order chi connectivity index (χ1) is 18.8. The Hall–Kier alpha value is -3.16. The third-order valence-corrected chi connectivity index (χ3v) is 9.11. The molecule has 2 N–H and O–H groups in total. The van der Waals surface area contributed by atoms with E-state index >= 15 is 0 Å². The molecule has 3 heterocycles. The van der Waals surface area contributed by atoms with Gasteiger partial charge in [-0.3, -0.25) is 14.4 Å². The average molecular weight is 548 g/mol. The lowest BCUT2D eigenvalue weighted by Gasteiger charge is -2.33. The number of carbonyl (C=O) groups excluding carboxylic acids is 3. The zero-order valence-corrected chi connectivity index (χ0v) is 22.8. The molecule has 8 heteroatoms. The van der Waals surface area contributed by atoms with Crippen molar-refractivity contribution in [3.05, 3.63) is 82.9 Å². The predicted molar refractivity (Wildman–Crippen MR) is 147 cm³/mol. The van der Waals surface area contributed by atoms with Crippen LogP contribution in [0, 0.1) is 11.8 Å². The summed E-state index contributed by atoms with van der Waals surface area (Å²) in [6, 6.07) is 16.1. The molecule has 1 aliphatic carbocycles. The molecule has 7 nitrogen and oxygen atoms in total. The van der Waals surface area contributed by atoms with Gasteiger partial charge in [0, 0.05) is 24.2 Å². The molecule has 5 atom stereocenters. The number of hydrogen-bond donors (Lipinski definition) is 2. The fourth-order valence-corrected chi connectivity index (χ4v) is 7.13. The molecule has 0 aromatic heterocycles. The van der Waals surface area contributed by atoms with Crippen molar-refractivity contribution < 1.29 is 19.1 Å². The number of likely N-dealkylation sites (tertiary alicyclic amines) is 1. The van der Waals surface area contributed by atoms with Crippen LogP contribution < -0.4 is 10.6 Å². The summed E-state index contributed by atoms with van der Waals surface area (Å²) < 4.78 is 6.62. The maximum atomic E-state index is 14.2. The fraction of sp³-hybridized carbons (Fsp3) is 0.452. The molecule has 3 amide bonds. The molecule has 0 radical (unpaired) electrons. The number of nitrogens with zero attached hydrogens (tertiary/aromatic N) is 1. The minimum Gasteiger partial charge on any atom is -0.356 e. The van der Waals surface area contributed by atoms with Crippen LogP contribution in [0.1, 0.15) is 50.2 Å². The van der Waals surface area contributed by atoms with E-state index in [1.807, 2.05) is 61.5 Å². The van der Waals surface area contributed by atoms with Gasteiger partial charge >= 0.3 is 0 Å². The molecule has 6 rings (SSSR count). The molecule has 2 bridgehead atoms. The van der Waals surface area contributed by atoms with Gasteiger partial charge in [0.2, 0.25) is 17.7 Å². The van der Waals surface area contributed by atoms with Gasteiger partial charge in [-0.1, -0.05) is 85.5 Å². The SMILES string of the molecule is C[C@]12C=C[C@@]3(O1)[C@H](C(=O)N(Cc1ccc(Cl)cc1)[C@@H]3C(=O)NCc1ccccc1)[C@@H]2C(=O)NC1CCCCC1. The second kappa shape index (κ2) is 10.1. The van der Waals surface area contributed by atoms with Crippen molar-refractivity contribution in [2.45, 2.75) is 75.4 Å². The lowest BCUT2D eigenvalue weighted by Crippen LogP contribution is -2.54. The highest BCUT2D eigenvalue weighted by atomic mass is 35.5. The Morgan fingerprint density at radius 3 is 2.41 bits per heavy atom. The van der Waals surface area contributed by atoms with Crippen molar-refractivity contribution in [1.29, 1.82) is 0 Å². The van der Waals surface area contributed by atoms with E-state index in [1.165, 1.54) is 6.42 Å². The van der Waals surface area contributed by atoms with Crippen LogP contribution in [0.5, 0.6) is 0 Å². The Kier molecular flexibility index (Phi) is 6.76. The number of ether oxygens (including phenoxy) is 1. The Labute approximate surface area is 233 Å². The number of carbonyl (C=O) groups is 3. The summed E-state index contributed by atoms with van der Waals surface area (Å²) in [4.78, 5) is 43.5. The molecule has 2 aromatic rings. The van der Waals surface area contributed by atoms with Crippen LogP contribution in [-0.4, -0.2) is 45.9 Å². The second-order valence-corrected chi connectivity index (χ2v) is 11.9. The van der Waals surface area contributed by atoms with Crippen molar-refractivity contribution in [3.63, 3.8) is 0 Å². The molecular formula is C31H34ClN3O4. The lowest BCUT2D eigenvalue weighted by molar-refractivity contribution is -0.145. The van der Waals surface area contributed by atoms with Crippen molar-refractivity contribution in [3.8, 4) is 0 Å². The molecule has 204 valence electrons. The van der Waals surface area contributed by atoms with E-state index in [0.717, 1.165) is 36.8 Å². The van der Waals surface area contributed by atoms with Gasteiger partial charge in [0.1, 0.15) is 11.6 Å². The summed E-state index contributed by atoms with van der Waals surface area (Å²) in [6.45, 7) is 2.40. The Bertz CT molecular complexity index is 1290. The topological polar surface area (TPSA) is 87.7 Å². The van der Waals surface area contributed by atoms with Crippen molar-refractivity contribution in [2.75, 3.05) is 0 Å². The molecule has 4 aliphatic rings. The number of amides is 3. The molecule has 0 unspecified atom stereocenters. The van der Waals surface area contributed by atoms with Gasteiger partial charge in [0.15, 0.2) is 0 Å². The highest BCUT2D eigenvalue weighted by molar-refractivity contribution is 6.30. The largest absolute Gasteiger partial charge is 0.356 e. The quantitative estimate of drug-likeness (QED) is 0.510. The van der Waals surface area contributed by atoms with Gasteiger partial charge in [-0.2, -0.15) is 0 Å². The van der Waals surface area contributed by atoms with E-state index in [4.69, 9.17) is 16.3 Å². The first-order valence-corrected chi connectivity index (χ1v) is 14.3. The van der Waals surface area contributed by atoms with E-state index in [2.05, 4.69) is 10.6 Å². The summed E-state index contributed by atoms with van der Waals surface area (Å²) in [7, 11) is 0. The second-order valence-electron chi connectivity index (χ2n) is 11.5. The van der Waals surface area contributed by atoms with Crippen LogP contribution in [0.25, 0.3) is 0 Å². The third-order valence-electron chi connectivity index (χ3n) is 8.85. The first kappa shape index (κ1) is 26.1. The molecule has 39 heavy (non-hydrogen) atoms. The van der Waals surface area contributed by atoms with Crippen molar-refractivity contribution in [2.24, 2.45) is 11.8 Å². The summed E-state index contributed by atoms with van der Waals surface area (Å²) in [6.07, 6.45) is 9.00. The molecular weight excluding hydrogens is 514 g/mol. The molecule has 2 saturated heterocycles. The van der Waals surface area contributed by atoms with E-state index < -0.39 is 29.1 Å². The Balaban J connectivity index is 1.32. The molecule has 1 saturated carbocycles. The van der Waals surface area contributed by atoms with E-state index in [9.17, 15) is 14.4 Å². The highest BCUT2D eigenvalue weighted by Crippen LogP contribution is 2.59. The van der Waals surface area contributed by atoms with Gasteiger partial charge in [0.25, 0.3) is 0 Å². The van der Waals surface area contributed by atoms with Crippen LogP contribution in [0.2, 0.25) is 5.02 Å². The van der Waals surface area contributed by atoms with E-state index in [0.29, 0.717) is 11.6 Å². The Morgan fingerprint density at radius 2 is 1.69 bits per heavy atom.